The maximum Gasteiger partial charge on any atom is 0.261 e. The number of aromatic amines is 1. The topological polar surface area (TPSA) is 102 Å². The van der Waals surface area contributed by atoms with Crippen molar-refractivity contribution in [1.29, 1.82) is 5.41 Å². The first-order valence-corrected chi connectivity index (χ1v) is 5.71. The molecular weight excluding hydrogens is 220 g/mol. The lowest BCUT2D eigenvalue weighted by molar-refractivity contribution is 0.188. The average Bonchev–Trinajstić information content (AvgIpc) is 2.22. The van der Waals surface area contributed by atoms with E-state index in [0.29, 0.717) is 11.9 Å². The highest BCUT2D eigenvalue weighted by atomic mass is 16.3. The second-order valence-electron chi connectivity index (χ2n) is 4.31. The summed E-state index contributed by atoms with van der Waals surface area (Å²) >= 11 is 0. The molecule has 4 N–H and O–H groups in total. The van der Waals surface area contributed by atoms with Gasteiger partial charge in [0.1, 0.15) is 17.7 Å². The van der Waals surface area contributed by atoms with Crippen LogP contribution in [0.25, 0.3) is 0 Å². The number of hydrogen-bond donors (Lipinski definition) is 4. The Labute approximate surface area is 98.6 Å². The summed E-state index contributed by atoms with van der Waals surface area (Å²) in [4.78, 5) is 18.3. The monoisotopic (exact) mass is 236 g/mol. The van der Waals surface area contributed by atoms with Gasteiger partial charge in [-0.2, -0.15) is 0 Å². The van der Waals surface area contributed by atoms with Crippen molar-refractivity contribution >= 4 is 12.0 Å². The van der Waals surface area contributed by atoms with E-state index in [9.17, 15) is 9.90 Å². The van der Waals surface area contributed by atoms with Gasteiger partial charge in [-0.1, -0.05) is 0 Å². The molecule has 17 heavy (non-hydrogen) atoms. The fourth-order valence-electron chi connectivity index (χ4n) is 1.69. The third-order valence-electron chi connectivity index (χ3n) is 2.96. The Morgan fingerprint density at radius 1 is 1.65 bits per heavy atom. The van der Waals surface area contributed by atoms with Crippen LogP contribution in [0, 0.1) is 5.41 Å². The molecule has 1 unspecified atom stereocenters. The lowest BCUT2D eigenvalue weighted by atomic mass is 9.93. The maximum absolute atomic E-state index is 11.7. The number of aliphatic hydroxyl groups is 1. The van der Waals surface area contributed by atoms with Crippen LogP contribution in [-0.2, 0) is 0 Å². The van der Waals surface area contributed by atoms with Gasteiger partial charge < -0.3 is 20.8 Å². The number of rotatable bonds is 4. The van der Waals surface area contributed by atoms with Gasteiger partial charge in [-0.3, -0.25) is 4.79 Å². The highest BCUT2D eigenvalue weighted by molar-refractivity contribution is 5.83. The van der Waals surface area contributed by atoms with Crippen LogP contribution in [0.4, 0.5) is 5.82 Å². The van der Waals surface area contributed by atoms with Crippen molar-refractivity contribution in [2.75, 3.05) is 5.32 Å². The van der Waals surface area contributed by atoms with Crippen LogP contribution in [0.5, 0.6) is 0 Å². The number of aromatic nitrogens is 2. The molecule has 2 rings (SSSR count). The average molecular weight is 236 g/mol. The first-order valence-electron chi connectivity index (χ1n) is 5.71. The summed E-state index contributed by atoms with van der Waals surface area (Å²) in [7, 11) is 0. The SMILES string of the molecule is CC(O)c1nc(NC2CCC2)c(C=N)c(=O)[nH]1. The van der Waals surface area contributed by atoms with E-state index in [2.05, 4.69) is 15.3 Å². The number of hydrogen-bond acceptors (Lipinski definition) is 5. The number of anilines is 1. The summed E-state index contributed by atoms with van der Waals surface area (Å²) in [5.74, 6) is 0.617. The molecule has 1 fully saturated rings. The van der Waals surface area contributed by atoms with E-state index in [1.807, 2.05) is 0 Å². The van der Waals surface area contributed by atoms with Crippen LogP contribution < -0.4 is 10.9 Å². The number of nitrogens with one attached hydrogen (secondary N) is 3. The smallest absolute Gasteiger partial charge is 0.261 e. The van der Waals surface area contributed by atoms with Gasteiger partial charge in [0.2, 0.25) is 0 Å². The molecule has 0 aromatic carbocycles. The zero-order valence-electron chi connectivity index (χ0n) is 9.66. The third kappa shape index (κ3) is 2.36. The standard InChI is InChI=1S/C11H16N4O2/c1-6(16)9-14-10(13-7-3-2-4-7)8(5-12)11(17)15-9/h5-7,12,16H,2-4H2,1H3,(H2,13,14,15,17). The second-order valence-corrected chi connectivity index (χ2v) is 4.31. The van der Waals surface area contributed by atoms with Crippen LogP contribution in [0.15, 0.2) is 4.79 Å². The molecule has 6 heteroatoms. The van der Waals surface area contributed by atoms with Gasteiger partial charge in [-0.15, -0.1) is 0 Å². The van der Waals surface area contributed by atoms with Crippen molar-refractivity contribution in [3.8, 4) is 0 Å². The van der Waals surface area contributed by atoms with Gasteiger partial charge in [0.25, 0.3) is 5.56 Å². The summed E-state index contributed by atoms with van der Waals surface area (Å²) in [5.41, 5.74) is -0.186. The molecule has 1 atom stereocenters. The Kier molecular flexibility index (Phi) is 3.23. The van der Waals surface area contributed by atoms with Gasteiger partial charge in [-0.25, -0.2) is 4.98 Å². The maximum atomic E-state index is 11.7. The summed E-state index contributed by atoms with van der Waals surface area (Å²) in [6.45, 7) is 1.54. The summed E-state index contributed by atoms with van der Waals surface area (Å²) in [5, 5.41) is 19.8. The lowest BCUT2D eigenvalue weighted by Gasteiger charge is -2.27. The molecule has 1 aromatic heterocycles. The Morgan fingerprint density at radius 3 is 2.82 bits per heavy atom. The van der Waals surface area contributed by atoms with Crippen LogP contribution in [0.2, 0.25) is 0 Å². The van der Waals surface area contributed by atoms with Crippen molar-refractivity contribution < 1.29 is 5.11 Å². The van der Waals surface area contributed by atoms with Gasteiger partial charge in [0.15, 0.2) is 0 Å². The molecular formula is C11H16N4O2. The first kappa shape index (κ1) is 11.8. The van der Waals surface area contributed by atoms with Crippen molar-refractivity contribution in [2.45, 2.75) is 38.3 Å². The minimum Gasteiger partial charge on any atom is -0.385 e. The number of H-pyrrole nitrogens is 1. The molecule has 0 radical (unpaired) electrons. The molecule has 0 aliphatic heterocycles. The van der Waals surface area contributed by atoms with Gasteiger partial charge in [0, 0.05) is 12.3 Å². The van der Waals surface area contributed by atoms with Gasteiger partial charge in [0.05, 0.1) is 5.56 Å². The van der Waals surface area contributed by atoms with E-state index >= 15 is 0 Å². The first-order chi connectivity index (χ1) is 8.11. The summed E-state index contributed by atoms with van der Waals surface area (Å²) < 4.78 is 0. The molecule has 1 aliphatic rings. The Balaban J connectivity index is 2.37. The fraction of sp³-hybridized carbons (Fsp3) is 0.545. The molecule has 1 aliphatic carbocycles. The van der Waals surface area contributed by atoms with Gasteiger partial charge >= 0.3 is 0 Å². The van der Waals surface area contributed by atoms with Crippen molar-refractivity contribution in [3.63, 3.8) is 0 Å². The van der Waals surface area contributed by atoms with Crippen LogP contribution >= 0.6 is 0 Å². The molecule has 1 aromatic rings. The van der Waals surface area contributed by atoms with Crippen LogP contribution in [-0.4, -0.2) is 27.3 Å². The highest BCUT2D eigenvalue weighted by Crippen LogP contribution is 2.23. The summed E-state index contributed by atoms with van der Waals surface area (Å²) in [6, 6.07) is 0.324. The van der Waals surface area contributed by atoms with Crippen molar-refractivity contribution in [2.24, 2.45) is 0 Å². The van der Waals surface area contributed by atoms with E-state index in [4.69, 9.17) is 5.41 Å². The largest absolute Gasteiger partial charge is 0.385 e. The van der Waals surface area contributed by atoms with Crippen molar-refractivity contribution in [1.82, 2.24) is 9.97 Å². The normalized spacial score (nSPS) is 17.3. The van der Waals surface area contributed by atoms with Crippen LogP contribution in [0.1, 0.15) is 43.7 Å². The Morgan fingerprint density at radius 2 is 2.35 bits per heavy atom. The van der Waals surface area contributed by atoms with Crippen LogP contribution in [0.3, 0.4) is 0 Å². The molecule has 0 saturated heterocycles. The number of aliphatic hydroxyl groups excluding tert-OH is 1. The zero-order chi connectivity index (χ0) is 12.4. The molecule has 6 nitrogen and oxygen atoms in total. The highest BCUT2D eigenvalue weighted by Gasteiger charge is 2.20. The predicted molar refractivity (Wildman–Crippen MR) is 64.6 cm³/mol. The molecule has 1 heterocycles. The summed E-state index contributed by atoms with van der Waals surface area (Å²) in [6.07, 6.45) is 3.43. The van der Waals surface area contributed by atoms with E-state index in [1.165, 1.54) is 13.3 Å². The fourth-order valence-corrected chi connectivity index (χ4v) is 1.69. The van der Waals surface area contributed by atoms with E-state index in [-0.39, 0.29) is 11.4 Å². The van der Waals surface area contributed by atoms with Gasteiger partial charge in [-0.05, 0) is 26.2 Å². The second kappa shape index (κ2) is 4.67. The molecule has 92 valence electrons. The number of nitrogens with zero attached hydrogens (tertiary/aromatic N) is 1. The molecule has 0 spiro atoms. The van der Waals surface area contributed by atoms with E-state index < -0.39 is 11.7 Å². The molecule has 1 saturated carbocycles. The minimum atomic E-state index is -0.829. The Bertz CT molecular complexity index is 477. The predicted octanol–water partition coefficient (Wildman–Crippen LogP) is 0.785. The lowest BCUT2D eigenvalue weighted by Crippen LogP contribution is -2.30. The third-order valence-corrected chi connectivity index (χ3v) is 2.96. The molecule has 0 amide bonds. The minimum absolute atomic E-state index is 0.210. The zero-order valence-corrected chi connectivity index (χ0v) is 9.66. The Hall–Kier alpha value is -1.69. The van der Waals surface area contributed by atoms with E-state index in [1.54, 1.807) is 0 Å². The quantitative estimate of drug-likeness (QED) is 0.580. The molecule has 0 bridgehead atoms. The van der Waals surface area contributed by atoms with E-state index in [0.717, 1.165) is 19.1 Å². The van der Waals surface area contributed by atoms with Crippen molar-refractivity contribution in [3.05, 3.63) is 21.7 Å².